The van der Waals surface area contributed by atoms with Crippen LogP contribution < -0.4 is 0 Å². The number of unbranched alkanes of at least 4 members (excludes halogenated alkanes) is 2. The second-order valence-electron chi connectivity index (χ2n) is 4.95. The summed E-state index contributed by atoms with van der Waals surface area (Å²) in [4.78, 5) is 14.4. The van der Waals surface area contributed by atoms with Gasteiger partial charge >= 0.3 is 5.97 Å². The molecule has 1 unspecified atom stereocenters. The molecule has 0 saturated heterocycles. The number of esters is 1. The molecule has 0 aliphatic carbocycles. The van der Waals surface area contributed by atoms with Gasteiger partial charge in [-0.05, 0) is 30.4 Å². The van der Waals surface area contributed by atoms with Gasteiger partial charge in [0.15, 0.2) is 0 Å². The Balaban J connectivity index is 2.31. The lowest BCUT2D eigenvalue weighted by molar-refractivity contribution is -0.143. The van der Waals surface area contributed by atoms with Gasteiger partial charge in [0.2, 0.25) is 0 Å². The molecule has 0 N–H and O–H groups in total. The van der Waals surface area contributed by atoms with Crippen LogP contribution in [0.2, 0.25) is 0 Å². The maximum absolute atomic E-state index is 11.6. The first-order valence-electron chi connectivity index (χ1n) is 7.52. The van der Waals surface area contributed by atoms with Crippen LogP contribution >= 0.6 is 0 Å². The second-order valence-corrected chi connectivity index (χ2v) is 4.95. The Morgan fingerprint density at radius 2 is 2.05 bits per heavy atom. The van der Waals surface area contributed by atoms with E-state index in [9.17, 15) is 4.79 Å². The summed E-state index contributed by atoms with van der Waals surface area (Å²) >= 11 is 0. The van der Waals surface area contributed by atoms with Crippen LogP contribution in [0.4, 0.5) is 0 Å². The lowest BCUT2D eigenvalue weighted by Crippen LogP contribution is -2.06. The van der Waals surface area contributed by atoms with E-state index >= 15 is 0 Å². The standard InChI is InChI=1S/C16H23N3O2/c1-2-3-7-13-21-16(20)12-8-11-15(18-19-17)14-9-5-4-6-10-14/h4-6,9-10,15H,2-3,7-8,11-13H2,1H3. The molecule has 5 heteroatoms. The molecule has 0 aromatic heterocycles. The normalized spacial score (nSPS) is 11.5. The van der Waals surface area contributed by atoms with Crippen LogP contribution in [0.15, 0.2) is 35.4 Å². The van der Waals surface area contributed by atoms with Crippen molar-refractivity contribution in [3.63, 3.8) is 0 Å². The molecule has 5 nitrogen and oxygen atoms in total. The summed E-state index contributed by atoms with van der Waals surface area (Å²) in [5.74, 6) is -0.168. The molecule has 0 radical (unpaired) electrons. The molecule has 0 heterocycles. The van der Waals surface area contributed by atoms with Crippen molar-refractivity contribution in [2.45, 2.75) is 51.5 Å². The lowest BCUT2D eigenvalue weighted by Gasteiger charge is -2.11. The molecule has 0 aliphatic heterocycles. The fourth-order valence-electron chi connectivity index (χ4n) is 2.08. The molecule has 0 amide bonds. The van der Waals surface area contributed by atoms with Gasteiger partial charge < -0.3 is 4.74 Å². The van der Waals surface area contributed by atoms with Crippen molar-refractivity contribution in [2.75, 3.05) is 6.61 Å². The molecule has 1 atom stereocenters. The molecule has 0 aliphatic rings. The topological polar surface area (TPSA) is 75.1 Å². The van der Waals surface area contributed by atoms with Crippen LogP contribution in [0.25, 0.3) is 10.4 Å². The summed E-state index contributed by atoms with van der Waals surface area (Å²) in [6.07, 6.45) is 4.80. The monoisotopic (exact) mass is 289 g/mol. The van der Waals surface area contributed by atoms with E-state index in [-0.39, 0.29) is 12.0 Å². The smallest absolute Gasteiger partial charge is 0.305 e. The highest BCUT2D eigenvalue weighted by molar-refractivity contribution is 5.69. The molecule has 1 aromatic rings. The van der Waals surface area contributed by atoms with E-state index < -0.39 is 0 Å². The largest absolute Gasteiger partial charge is 0.466 e. The van der Waals surface area contributed by atoms with Crippen molar-refractivity contribution in [1.82, 2.24) is 0 Å². The Labute approximate surface area is 125 Å². The maximum atomic E-state index is 11.6. The Bertz CT molecular complexity index is 456. The van der Waals surface area contributed by atoms with Crippen LogP contribution in [-0.2, 0) is 9.53 Å². The number of benzene rings is 1. The average molecular weight is 289 g/mol. The zero-order valence-corrected chi connectivity index (χ0v) is 12.6. The maximum Gasteiger partial charge on any atom is 0.305 e. The van der Waals surface area contributed by atoms with E-state index in [1.165, 1.54) is 0 Å². The predicted octanol–water partition coefficient (Wildman–Crippen LogP) is 4.94. The van der Waals surface area contributed by atoms with Gasteiger partial charge in [0.1, 0.15) is 0 Å². The van der Waals surface area contributed by atoms with Crippen molar-refractivity contribution < 1.29 is 9.53 Å². The van der Waals surface area contributed by atoms with Gasteiger partial charge in [0.05, 0.1) is 12.6 Å². The number of carbonyl (C=O) groups excluding carboxylic acids is 1. The molecular formula is C16H23N3O2. The number of hydrogen-bond acceptors (Lipinski definition) is 3. The average Bonchev–Trinajstić information content (AvgIpc) is 2.51. The first-order chi connectivity index (χ1) is 10.3. The minimum Gasteiger partial charge on any atom is -0.466 e. The molecule has 1 aromatic carbocycles. The number of ether oxygens (including phenoxy) is 1. The van der Waals surface area contributed by atoms with Gasteiger partial charge in [-0.15, -0.1) is 0 Å². The number of rotatable bonds is 10. The molecule has 0 bridgehead atoms. The lowest BCUT2D eigenvalue weighted by atomic mass is 10.0. The zero-order valence-electron chi connectivity index (χ0n) is 12.6. The molecule has 1 rings (SSSR count). The molecule has 0 fully saturated rings. The van der Waals surface area contributed by atoms with E-state index in [4.69, 9.17) is 10.3 Å². The van der Waals surface area contributed by atoms with Gasteiger partial charge in [-0.25, -0.2) is 0 Å². The van der Waals surface area contributed by atoms with E-state index in [1.54, 1.807) is 0 Å². The third-order valence-electron chi connectivity index (χ3n) is 3.24. The fraction of sp³-hybridized carbons (Fsp3) is 0.562. The van der Waals surface area contributed by atoms with Crippen molar-refractivity contribution in [3.05, 3.63) is 46.3 Å². The summed E-state index contributed by atoms with van der Waals surface area (Å²) < 4.78 is 5.15. The summed E-state index contributed by atoms with van der Waals surface area (Å²) in [5.41, 5.74) is 9.62. The van der Waals surface area contributed by atoms with E-state index in [0.29, 0.717) is 25.9 Å². The Morgan fingerprint density at radius 3 is 2.71 bits per heavy atom. The van der Waals surface area contributed by atoms with Crippen LogP contribution in [-0.4, -0.2) is 12.6 Å². The number of hydrogen-bond donors (Lipinski definition) is 0. The predicted molar refractivity (Wildman–Crippen MR) is 82.7 cm³/mol. The summed E-state index contributed by atoms with van der Waals surface area (Å²) in [6, 6.07) is 9.40. The quantitative estimate of drug-likeness (QED) is 0.201. The fourth-order valence-corrected chi connectivity index (χ4v) is 2.08. The third kappa shape index (κ3) is 7.37. The van der Waals surface area contributed by atoms with Gasteiger partial charge in [-0.1, -0.05) is 55.2 Å². The van der Waals surface area contributed by atoms with Crippen molar-refractivity contribution in [2.24, 2.45) is 5.11 Å². The Kier molecular flexibility index (Phi) is 8.73. The van der Waals surface area contributed by atoms with Gasteiger partial charge in [-0.3, -0.25) is 4.79 Å². The Morgan fingerprint density at radius 1 is 1.29 bits per heavy atom. The van der Waals surface area contributed by atoms with Crippen molar-refractivity contribution in [3.8, 4) is 0 Å². The molecule has 0 spiro atoms. The zero-order chi connectivity index (χ0) is 15.3. The van der Waals surface area contributed by atoms with E-state index in [2.05, 4.69) is 16.9 Å². The van der Waals surface area contributed by atoms with Crippen LogP contribution in [0.3, 0.4) is 0 Å². The first kappa shape index (κ1) is 17.1. The molecule has 114 valence electrons. The van der Waals surface area contributed by atoms with Gasteiger partial charge in [0.25, 0.3) is 0 Å². The SMILES string of the molecule is CCCCCOC(=O)CCCC(N=[N+]=[N-])c1ccccc1. The Hall–Kier alpha value is -2.00. The third-order valence-corrected chi connectivity index (χ3v) is 3.24. The minimum absolute atomic E-state index is 0.168. The number of azide groups is 1. The van der Waals surface area contributed by atoms with Crippen molar-refractivity contribution >= 4 is 5.97 Å². The summed E-state index contributed by atoms with van der Waals surface area (Å²) in [5, 5.41) is 3.81. The summed E-state index contributed by atoms with van der Waals surface area (Å²) in [7, 11) is 0. The summed E-state index contributed by atoms with van der Waals surface area (Å²) in [6.45, 7) is 2.62. The number of carbonyl (C=O) groups is 1. The van der Waals surface area contributed by atoms with Crippen LogP contribution in [0, 0.1) is 0 Å². The minimum atomic E-state index is -0.218. The first-order valence-corrected chi connectivity index (χ1v) is 7.52. The highest BCUT2D eigenvalue weighted by Gasteiger charge is 2.10. The van der Waals surface area contributed by atoms with E-state index in [1.807, 2.05) is 30.3 Å². The second kappa shape index (κ2) is 10.7. The van der Waals surface area contributed by atoms with Crippen molar-refractivity contribution in [1.29, 1.82) is 0 Å². The van der Waals surface area contributed by atoms with Gasteiger partial charge in [0, 0.05) is 11.3 Å². The van der Waals surface area contributed by atoms with E-state index in [0.717, 1.165) is 24.8 Å². The molecule has 0 saturated carbocycles. The number of nitrogens with zero attached hydrogens (tertiary/aromatic N) is 3. The molecule has 21 heavy (non-hydrogen) atoms. The highest BCUT2D eigenvalue weighted by Crippen LogP contribution is 2.23. The highest BCUT2D eigenvalue weighted by atomic mass is 16.5. The molecular weight excluding hydrogens is 266 g/mol. The van der Waals surface area contributed by atoms with Crippen LogP contribution in [0.5, 0.6) is 0 Å². The van der Waals surface area contributed by atoms with Gasteiger partial charge in [-0.2, -0.15) is 0 Å². The van der Waals surface area contributed by atoms with Crippen LogP contribution in [0.1, 0.15) is 57.1 Å².